The summed E-state index contributed by atoms with van der Waals surface area (Å²) in [6.45, 7) is 19.0. The van der Waals surface area contributed by atoms with Gasteiger partial charge < -0.3 is 19.3 Å². The second kappa shape index (κ2) is 13.4. The van der Waals surface area contributed by atoms with E-state index in [4.69, 9.17) is 14.2 Å². The minimum atomic E-state index is -1.15. The number of ether oxygens (including phenoxy) is 1. The van der Waals surface area contributed by atoms with Crippen LogP contribution in [0.2, 0.25) is 0 Å². The number of likely N-dealkylation sites (tertiary alicyclic amines) is 1. The van der Waals surface area contributed by atoms with E-state index in [1.165, 1.54) is 25.7 Å². The molecule has 7 aliphatic rings. The van der Waals surface area contributed by atoms with Crippen molar-refractivity contribution in [1.29, 1.82) is 0 Å². The molecular weight excluding hydrogens is 727 g/mol. The van der Waals surface area contributed by atoms with Crippen molar-refractivity contribution < 1.29 is 28.8 Å². The second-order valence-electron chi connectivity index (χ2n) is 22.8. The molecular formula is C49H69N3O6. The summed E-state index contributed by atoms with van der Waals surface area (Å²) in [6.07, 6.45) is 14.8. The Morgan fingerprint density at radius 2 is 1.57 bits per heavy atom. The van der Waals surface area contributed by atoms with Gasteiger partial charge in [-0.2, -0.15) is 4.98 Å². The van der Waals surface area contributed by atoms with Crippen LogP contribution in [0.5, 0.6) is 0 Å². The number of esters is 1. The predicted octanol–water partition coefficient (Wildman–Crippen LogP) is 10.7. The number of nitrogens with zero attached hydrogens (tertiary/aromatic N) is 3. The maximum atomic E-state index is 15.6. The topological polar surface area (TPSA) is 123 Å². The monoisotopic (exact) mass is 796 g/mol. The highest BCUT2D eigenvalue weighted by Gasteiger charge is 2.74. The van der Waals surface area contributed by atoms with E-state index >= 15 is 4.79 Å². The Hall–Kier alpha value is -3.23. The van der Waals surface area contributed by atoms with Crippen LogP contribution in [0.15, 0.2) is 34.9 Å². The van der Waals surface area contributed by atoms with Crippen molar-refractivity contribution in [3.8, 4) is 11.4 Å². The Labute approximate surface area is 346 Å². The van der Waals surface area contributed by atoms with E-state index in [-0.39, 0.29) is 45.6 Å². The third-order valence-electron chi connectivity index (χ3n) is 19.4. The van der Waals surface area contributed by atoms with E-state index in [9.17, 15) is 14.7 Å². The third-order valence-corrected chi connectivity index (χ3v) is 19.4. The van der Waals surface area contributed by atoms with E-state index in [0.29, 0.717) is 52.6 Å². The van der Waals surface area contributed by atoms with Gasteiger partial charge in [0.1, 0.15) is 12.1 Å². The minimum absolute atomic E-state index is 0.112. The molecule has 1 N–H and O–H groups in total. The summed E-state index contributed by atoms with van der Waals surface area (Å²) in [5.74, 6) is 2.61. The Balaban J connectivity index is 0.991. The number of hydrogen-bond donors (Lipinski definition) is 1. The summed E-state index contributed by atoms with van der Waals surface area (Å²) >= 11 is 0. The van der Waals surface area contributed by atoms with Crippen LogP contribution in [0.3, 0.4) is 0 Å². The molecule has 1 aromatic carbocycles. The van der Waals surface area contributed by atoms with Gasteiger partial charge in [0.25, 0.3) is 0 Å². The molecule has 11 atom stereocenters. The van der Waals surface area contributed by atoms with Gasteiger partial charge in [-0.1, -0.05) is 77.0 Å². The summed E-state index contributed by atoms with van der Waals surface area (Å²) in [5.41, 5.74) is -0.0506. The summed E-state index contributed by atoms with van der Waals surface area (Å²) in [5, 5.41) is 14.1. The van der Waals surface area contributed by atoms with Gasteiger partial charge in [0.15, 0.2) is 0 Å². The highest BCUT2D eigenvalue weighted by molar-refractivity contribution is 5.85. The molecule has 7 fully saturated rings. The molecule has 1 saturated heterocycles. The van der Waals surface area contributed by atoms with E-state index in [1.807, 2.05) is 30.3 Å². The van der Waals surface area contributed by atoms with E-state index < -0.39 is 17.4 Å². The van der Waals surface area contributed by atoms with E-state index in [1.54, 1.807) is 13.8 Å². The van der Waals surface area contributed by atoms with Gasteiger partial charge in [-0.25, -0.2) is 0 Å². The number of amides is 1. The maximum absolute atomic E-state index is 15.6. The number of carboxylic acids is 1. The van der Waals surface area contributed by atoms with Crippen LogP contribution < -0.4 is 0 Å². The number of aromatic nitrogens is 2. The van der Waals surface area contributed by atoms with Crippen molar-refractivity contribution in [2.24, 2.45) is 67.5 Å². The predicted molar refractivity (Wildman–Crippen MR) is 221 cm³/mol. The molecule has 0 radical (unpaired) electrons. The van der Waals surface area contributed by atoms with Crippen molar-refractivity contribution in [2.45, 2.75) is 164 Å². The number of carbonyl (C=O) groups excluding carboxylic acids is 2. The first-order valence-corrected chi connectivity index (χ1v) is 22.9. The molecule has 1 aliphatic heterocycles. The van der Waals surface area contributed by atoms with Gasteiger partial charge in [-0.3, -0.25) is 14.4 Å². The van der Waals surface area contributed by atoms with Crippen molar-refractivity contribution in [1.82, 2.24) is 15.0 Å². The normalized spacial score (nSPS) is 41.1. The molecule has 2 heterocycles. The standard InChI is InChI=1S/C49H69N3O6/c1-43(2,42(55)56)29-37(53)57-36-20-21-46(6)34(44(36,3)4)19-22-48(8)35(46)17-16-32-38-31(45(5)24-25-45)18-23-49(38,27-26-47(32,48)7)41(54)52-28-12-15-33(52)40-50-39(51-58-40)30-13-10-9-11-14-30/h9-11,13-14,31-36,38H,12,15-29H2,1-8H3,(H,55,56)/t31-,32-,33-,34+,35-,36+,38-,46+,47-,48-,49+/m1/s1. The van der Waals surface area contributed by atoms with Crippen LogP contribution in [0.25, 0.3) is 11.4 Å². The minimum Gasteiger partial charge on any atom is -0.481 e. The zero-order valence-electron chi connectivity index (χ0n) is 36.6. The fourth-order valence-electron chi connectivity index (χ4n) is 15.8. The SMILES string of the molecule is CC(C)(CC(=O)O[C@H]1CC[C@]2(C)[C@H]3CC[C@@H]4[C@H]5[C@H](C6(C)CC6)CC[C@]5(C(=O)N5CCC[C@@H]5c5nc(-c6ccccc6)no5)CC[C@@]4(C)[C@]3(C)CC[C@H]2C1(C)C)C(=O)O. The first-order valence-electron chi connectivity index (χ1n) is 22.9. The molecule has 9 nitrogen and oxygen atoms in total. The number of carbonyl (C=O) groups is 3. The Kier molecular flexibility index (Phi) is 9.27. The molecule has 1 amide bonds. The summed E-state index contributed by atoms with van der Waals surface area (Å²) in [6, 6.07) is 9.81. The molecule has 0 spiro atoms. The number of carboxylic acid groups (broad SMARTS) is 1. The maximum Gasteiger partial charge on any atom is 0.309 e. The van der Waals surface area contributed by atoms with E-state index in [2.05, 4.69) is 51.6 Å². The number of hydrogen-bond acceptors (Lipinski definition) is 7. The molecule has 6 saturated carbocycles. The number of fused-ring (bicyclic) bond motifs is 7. The van der Waals surface area contributed by atoms with Gasteiger partial charge in [0.05, 0.1) is 17.3 Å². The quantitative estimate of drug-likeness (QED) is 0.262. The summed E-state index contributed by atoms with van der Waals surface area (Å²) in [4.78, 5) is 47.7. The molecule has 316 valence electrons. The van der Waals surface area contributed by atoms with Crippen molar-refractivity contribution in [2.75, 3.05) is 6.54 Å². The molecule has 2 aromatic rings. The average Bonchev–Trinajstić information content (AvgIpc) is 3.56. The number of rotatable bonds is 8. The highest BCUT2D eigenvalue weighted by atomic mass is 16.5. The summed E-state index contributed by atoms with van der Waals surface area (Å²) in [7, 11) is 0. The Morgan fingerprint density at radius 1 is 0.828 bits per heavy atom. The Morgan fingerprint density at radius 3 is 2.28 bits per heavy atom. The van der Waals surface area contributed by atoms with Gasteiger partial charge >= 0.3 is 11.9 Å². The summed E-state index contributed by atoms with van der Waals surface area (Å²) < 4.78 is 12.2. The first kappa shape index (κ1) is 40.2. The lowest BCUT2D eigenvalue weighted by atomic mass is 9.32. The van der Waals surface area contributed by atoms with Gasteiger partial charge in [0.2, 0.25) is 17.6 Å². The fourth-order valence-corrected chi connectivity index (χ4v) is 15.8. The van der Waals surface area contributed by atoms with Crippen molar-refractivity contribution in [3.63, 3.8) is 0 Å². The van der Waals surface area contributed by atoms with Gasteiger partial charge in [-0.15, -0.1) is 0 Å². The molecule has 6 aliphatic carbocycles. The molecule has 58 heavy (non-hydrogen) atoms. The molecule has 1 aromatic heterocycles. The van der Waals surface area contributed by atoms with Crippen LogP contribution in [0, 0.1) is 67.5 Å². The van der Waals surface area contributed by atoms with Crippen molar-refractivity contribution >= 4 is 17.8 Å². The van der Waals surface area contributed by atoms with Crippen LogP contribution in [-0.4, -0.2) is 50.6 Å². The largest absolute Gasteiger partial charge is 0.481 e. The molecule has 0 unspecified atom stereocenters. The zero-order valence-corrected chi connectivity index (χ0v) is 36.6. The first-order chi connectivity index (χ1) is 27.3. The molecule has 9 rings (SSSR count). The second-order valence-corrected chi connectivity index (χ2v) is 22.8. The van der Waals surface area contributed by atoms with Gasteiger partial charge in [-0.05, 0) is 155 Å². The molecule has 9 heteroatoms. The highest BCUT2D eigenvalue weighted by Crippen LogP contribution is 2.79. The molecule has 0 bridgehead atoms. The lowest BCUT2D eigenvalue weighted by Crippen LogP contribution is -2.67. The van der Waals surface area contributed by atoms with Gasteiger partial charge in [0, 0.05) is 17.5 Å². The zero-order chi connectivity index (χ0) is 41.3. The average molecular weight is 796 g/mol. The lowest BCUT2D eigenvalue weighted by molar-refractivity contribution is -0.251. The van der Waals surface area contributed by atoms with Crippen LogP contribution in [-0.2, 0) is 19.1 Å². The fraction of sp³-hybridized carbons (Fsp3) is 0.776. The van der Waals surface area contributed by atoms with Crippen LogP contribution >= 0.6 is 0 Å². The number of aliphatic carboxylic acids is 1. The third kappa shape index (κ3) is 5.75. The van der Waals surface area contributed by atoms with E-state index in [0.717, 1.165) is 76.3 Å². The van der Waals surface area contributed by atoms with Crippen LogP contribution in [0.4, 0.5) is 0 Å². The number of benzene rings is 1. The van der Waals surface area contributed by atoms with Crippen molar-refractivity contribution in [3.05, 3.63) is 36.2 Å². The lowest BCUT2D eigenvalue weighted by Gasteiger charge is -2.73. The smallest absolute Gasteiger partial charge is 0.309 e. The Bertz CT molecular complexity index is 1950. The van der Waals surface area contributed by atoms with Crippen LogP contribution in [0.1, 0.15) is 164 Å².